The van der Waals surface area contributed by atoms with E-state index in [1.807, 2.05) is 13.8 Å². The quantitative estimate of drug-likeness (QED) is 0.399. The van der Waals surface area contributed by atoms with Gasteiger partial charge in [0, 0.05) is 13.1 Å². The van der Waals surface area contributed by atoms with Crippen LogP contribution in [0.25, 0.3) is 16.9 Å². The summed E-state index contributed by atoms with van der Waals surface area (Å²) in [4.78, 5) is 31.0. The number of hydrogen-bond acceptors (Lipinski definition) is 3. The lowest BCUT2D eigenvalue weighted by atomic mass is 10.1. The molecule has 0 fully saturated rings. The summed E-state index contributed by atoms with van der Waals surface area (Å²) in [6.45, 7) is 4.58. The van der Waals surface area contributed by atoms with Crippen LogP contribution in [0.2, 0.25) is 10.0 Å². The first kappa shape index (κ1) is 22.3. The Kier molecular flexibility index (Phi) is 6.22. The summed E-state index contributed by atoms with van der Waals surface area (Å²) in [6, 6.07) is 10.9. The highest BCUT2D eigenvalue weighted by molar-refractivity contribution is 6.42. The molecule has 2 aromatic carbocycles. The minimum atomic E-state index is -0.548. The summed E-state index contributed by atoms with van der Waals surface area (Å²) in [6.07, 6.45) is 2.14. The highest BCUT2D eigenvalue weighted by Crippen LogP contribution is 2.23. The predicted octanol–water partition coefficient (Wildman–Crippen LogP) is 4.89. The third kappa shape index (κ3) is 4.23. The molecule has 0 atom stereocenters. The van der Waals surface area contributed by atoms with Gasteiger partial charge in [-0.05, 0) is 48.2 Å². The molecule has 9 heteroatoms. The van der Waals surface area contributed by atoms with E-state index in [1.54, 1.807) is 28.8 Å². The molecule has 6 nitrogen and oxygen atoms in total. The minimum Gasteiger partial charge on any atom is -0.320 e. The number of rotatable bonds is 6. The van der Waals surface area contributed by atoms with Gasteiger partial charge in [0.25, 0.3) is 5.56 Å². The monoisotopic (exact) mass is 474 g/mol. The summed E-state index contributed by atoms with van der Waals surface area (Å²) in [5, 5.41) is 0.835. The van der Waals surface area contributed by atoms with Gasteiger partial charge in [-0.2, -0.15) is 0 Å². The second kappa shape index (κ2) is 8.92. The van der Waals surface area contributed by atoms with Crippen molar-refractivity contribution in [1.82, 2.24) is 18.7 Å². The van der Waals surface area contributed by atoms with Crippen LogP contribution in [-0.4, -0.2) is 18.7 Å². The minimum absolute atomic E-state index is 0.173. The smallest absolute Gasteiger partial charge is 0.320 e. The summed E-state index contributed by atoms with van der Waals surface area (Å²) < 4.78 is 18.1. The molecular formula is C23H21Cl2FN4O2. The first-order chi connectivity index (χ1) is 15.3. The van der Waals surface area contributed by atoms with Crippen LogP contribution < -0.4 is 11.2 Å². The van der Waals surface area contributed by atoms with Gasteiger partial charge in [0.2, 0.25) is 0 Å². The summed E-state index contributed by atoms with van der Waals surface area (Å²) in [5.41, 5.74) is 0.563. The van der Waals surface area contributed by atoms with E-state index in [4.69, 9.17) is 23.2 Å². The zero-order valence-corrected chi connectivity index (χ0v) is 19.1. The third-order valence-electron chi connectivity index (χ3n) is 5.23. The van der Waals surface area contributed by atoms with Gasteiger partial charge in [-0.15, -0.1) is 0 Å². The highest BCUT2D eigenvalue weighted by Gasteiger charge is 2.20. The predicted molar refractivity (Wildman–Crippen MR) is 125 cm³/mol. The first-order valence-corrected chi connectivity index (χ1v) is 10.9. The fraction of sp³-hybridized carbons (Fsp3) is 0.261. The maximum atomic E-state index is 13.9. The van der Waals surface area contributed by atoms with Crippen LogP contribution >= 0.6 is 23.2 Å². The Labute approximate surface area is 193 Å². The van der Waals surface area contributed by atoms with Gasteiger partial charge in [-0.1, -0.05) is 49.2 Å². The van der Waals surface area contributed by atoms with Crippen LogP contribution in [0, 0.1) is 11.7 Å². The average Bonchev–Trinajstić information content (AvgIpc) is 3.14. The van der Waals surface area contributed by atoms with Crippen molar-refractivity contribution in [3.05, 3.63) is 91.1 Å². The molecule has 0 radical (unpaired) electrons. The van der Waals surface area contributed by atoms with Crippen LogP contribution in [-0.2, 0) is 13.1 Å². The maximum absolute atomic E-state index is 13.9. The SMILES string of the molecule is CC(C)CCn1c(=O)c2c(ncn2Cc2ccc(Cl)c(Cl)c2)n(-c2cccc(F)c2)c1=O. The van der Waals surface area contributed by atoms with E-state index in [1.165, 1.54) is 33.7 Å². The lowest BCUT2D eigenvalue weighted by Gasteiger charge is -2.14. The Morgan fingerprint density at radius 2 is 1.84 bits per heavy atom. The first-order valence-electron chi connectivity index (χ1n) is 10.2. The van der Waals surface area contributed by atoms with Crippen molar-refractivity contribution in [2.75, 3.05) is 0 Å². The summed E-state index contributed by atoms with van der Waals surface area (Å²) >= 11 is 12.1. The van der Waals surface area contributed by atoms with E-state index in [0.717, 1.165) is 5.56 Å². The van der Waals surface area contributed by atoms with Gasteiger partial charge in [0.15, 0.2) is 11.2 Å². The summed E-state index contributed by atoms with van der Waals surface area (Å²) in [7, 11) is 0. The van der Waals surface area contributed by atoms with Crippen molar-refractivity contribution in [2.45, 2.75) is 33.4 Å². The molecule has 0 unspecified atom stereocenters. The van der Waals surface area contributed by atoms with Gasteiger partial charge in [-0.25, -0.2) is 18.7 Å². The standard InChI is InChI=1S/C23H21Cl2FN4O2/c1-14(2)8-9-29-22(31)20-21(30(23(29)32)17-5-3-4-16(26)11-17)27-13-28(20)12-15-6-7-18(24)19(25)10-15/h3-7,10-11,13-14H,8-9,12H2,1-2H3. The van der Waals surface area contributed by atoms with E-state index in [9.17, 15) is 14.0 Å². The van der Waals surface area contributed by atoms with Gasteiger partial charge in [0.05, 0.1) is 22.1 Å². The van der Waals surface area contributed by atoms with Crippen LogP contribution in [0.3, 0.4) is 0 Å². The molecule has 0 amide bonds. The molecule has 0 spiro atoms. The van der Waals surface area contributed by atoms with Crippen molar-refractivity contribution in [3.63, 3.8) is 0 Å². The molecule has 0 N–H and O–H groups in total. The lowest BCUT2D eigenvalue weighted by Crippen LogP contribution is -2.40. The Morgan fingerprint density at radius 3 is 2.53 bits per heavy atom. The van der Waals surface area contributed by atoms with E-state index < -0.39 is 17.1 Å². The number of benzene rings is 2. The van der Waals surface area contributed by atoms with Crippen LogP contribution in [0.1, 0.15) is 25.8 Å². The van der Waals surface area contributed by atoms with Crippen molar-refractivity contribution in [1.29, 1.82) is 0 Å². The second-order valence-corrected chi connectivity index (χ2v) is 8.84. The molecular weight excluding hydrogens is 454 g/mol. The zero-order valence-electron chi connectivity index (χ0n) is 17.6. The maximum Gasteiger partial charge on any atom is 0.337 e. The summed E-state index contributed by atoms with van der Waals surface area (Å²) in [5.74, 6) is -0.196. The van der Waals surface area contributed by atoms with Crippen molar-refractivity contribution in [2.24, 2.45) is 5.92 Å². The Balaban J connectivity index is 1.95. The average molecular weight is 475 g/mol. The number of fused-ring (bicyclic) bond motifs is 1. The van der Waals surface area contributed by atoms with Crippen LogP contribution in [0.5, 0.6) is 0 Å². The Morgan fingerprint density at radius 1 is 1.06 bits per heavy atom. The molecule has 0 aliphatic carbocycles. The number of hydrogen-bond donors (Lipinski definition) is 0. The second-order valence-electron chi connectivity index (χ2n) is 8.03. The molecule has 0 saturated heterocycles. The topological polar surface area (TPSA) is 61.8 Å². The molecule has 2 aromatic heterocycles. The molecule has 0 aliphatic rings. The largest absolute Gasteiger partial charge is 0.337 e. The van der Waals surface area contributed by atoms with Crippen LogP contribution in [0.15, 0.2) is 58.4 Å². The van der Waals surface area contributed by atoms with Gasteiger partial charge < -0.3 is 4.57 Å². The number of aromatic nitrogens is 4. The normalized spacial score (nSPS) is 11.6. The van der Waals surface area contributed by atoms with Crippen molar-refractivity contribution >= 4 is 34.4 Å². The third-order valence-corrected chi connectivity index (χ3v) is 5.97. The molecule has 0 saturated carbocycles. The molecule has 4 rings (SSSR count). The zero-order chi connectivity index (χ0) is 23.0. The molecule has 2 heterocycles. The molecule has 4 aromatic rings. The number of imidazole rings is 1. The fourth-order valence-electron chi connectivity index (χ4n) is 3.57. The number of nitrogens with zero attached hydrogens (tertiary/aromatic N) is 4. The van der Waals surface area contributed by atoms with E-state index in [0.29, 0.717) is 34.6 Å². The molecule has 0 bridgehead atoms. The van der Waals surface area contributed by atoms with Crippen molar-refractivity contribution in [3.8, 4) is 5.69 Å². The fourth-order valence-corrected chi connectivity index (χ4v) is 3.89. The Hall–Kier alpha value is -2.90. The van der Waals surface area contributed by atoms with Crippen molar-refractivity contribution < 1.29 is 4.39 Å². The Bertz CT molecular complexity index is 1420. The van der Waals surface area contributed by atoms with E-state index >= 15 is 0 Å². The van der Waals surface area contributed by atoms with Crippen LogP contribution in [0.4, 0.5) is 4.39 Å². The highest BCUT2D eigenvalue weighted by atomic mass is 35.5. The number of halogens is 3. The molecule has 32 heavy (non-hydrogen) atoms. The molecule has 0 aliphatic heterocycles. The lowest BCUT2D eigenvalue weighted by molar-refractivity contribution is 0.491. The van der Waals surface area contributed by atoms with Gasteiger partial charge in [0.1, 0.15) is 5.82 Å². The van der Waals surface area contributed by atoms with E-state index in [-0.39, 0.29) is 17.7 Å². The molecule has 166 valence electrons. The van der Waals surface area contributed by atoms with Gasteiger partial charge in [-0.3, -0.25) is 9.36 Å². The van der Waals surface area contributed by atoms with Gasteiger partial charge >= 0.3 is 5.69 Å². The van der Waals surface area contributed by atoms with E-state index in [2.05, 4.69) is 4.98 Å².